The fraction of sp³-hybridized carbons (Fsp3) is 1.00. The lowest BCUT2D eigenvalue weighted by Crippen LogP contribution is -3.16. The Morgan fingerprint density at radius 3 is 1.50 bits per heavy atom. The van der Waals surface area contributed by atoms with E-state index in [1.165, 1.54) is 0 Å². The fourth-order valence-electron chi connectivity index (χ4n) is 6.18. The van der Waals surface area contributed by atoms with E-state index in [-0.39, 0.29) is 53.5 Å². The summed E-state index contributed by atoms with van der Waals surface area (Å²) in [5, 5.41) is 0. The highest BCUT2D eigenvalue weighted by Crippen LogP contribution is 3.08. The number of alkyl halides is 3. The van der Waals surface area contributed by atoms with Gasteiger partial charge < -0.3 is 5.73 Å². The van der Waals surface area contributed by atoms with Crippen LogP contribution in [-0.2, 0) is 0 Å². The Kier molecular flexibility index (Phi) is 0.855. The predicted molar refractivity (Wildman–Crippen MR) is 43.6 cm³/mol. The first-order valence-corrected chi connectivity index (χ1v) is 4.84. The van der Waals surface area contributed by atoms with Gasteiger partial charge in [0, 0.05) is 5.54 Å². The average molecular weight is 224 g/mol. The lowest BCUT2D eigenvalue weighted by molar-refractivity contribution is -0.659. The van der Waals surface area contributed by atoms with Crippen molar-refractivity contribution < 1.29 is 13.2 Å². The maximum atomic E-state index is 12.8. The fourth-order valence-corrected chi connectivity index (χ4v) is 6.18. The van der Waals surface area contributed by atoms with E-state index >= 15 is 0 Å². The van der Waals surface area contributed by atoms with Crippen LogP contribution in [0.3, 0.4) is 0 Å². The summed E-state index contributed by atoms with van der Waals surface area (Å²) >= 11 is 0. The summed E-state index contributed by atoms with van der Waals surface area (Å²) in [5.41, 5.74) is 4.73. The highest BCUT2D eigenvalue weighted by Gasteiger charge is 3.13. The molecule has 0 aromatic heterocycles. The van der Waals surface area contributed by atoms with Gasteiger partial charge in [-0.2, -0.15) is 13.2 Å². The van der Waals surface area contributed by atoms with E-state index in [9.17, 15) is 13.2 Å². The van der Waals surface area contributed by atoms with E-state index in [0.717, 1.165) is 0 Å². The Labute approximate surface area is 84.6 Å². The maximum absolute atomic E-state index is 12.8. The molecule has 14 heavy (non-hydrogen) atoms. The highest BCUT2D eigenvalue weighted by molar-refractivity contribution is 5.85. The van der Waals surface area contributed by atoms with Crippen molar-refractivity contribution in [3.63, 3.8) is 0 Å². The number of nitrogens with two attached hydrogens (primary N) is 1. The van der Waals surface area contributed by atoms with Crippen LogP contribution in [0.5, 0.6) is 0 Å². The second kappa shape index (κ2) is 1.46. The lowest BCUT2D eigenvalue weighted by Gasteiger charge is -3.10. The average Bonchev–Trinajstić information content (AvgIpc) is 2.02. The summed E-state index contributed by atoms with van der Waals surface area (Å²) < 4.78 is 38.3. The summed E-state index contributed by atoms with van der Waals surface area (Å²) in [6.07, 6.45) is -3.93. The van der Waals surface area contributed by atoms with E-state index in [2.05, 4.69) is 0 Å². The van der Waals surface area contributed by atoms with Gasteiger partial charge in [-0.15, -0.1) is 12.4 Å². The molecule has 0 unspecified atom stereocenters. The predicted octanol–water partition coefficient (Wildman–Crippen LogP) is 1.42. The van der Waals surface area contributed by atoms with E-state index in [4.69, 9.17) is 5.73 Å². The topological polar surface area (TPSA) is 26.0 Å². The Hall–Kier alpha value is 0.0400. The van der Waals surface area contributed by atoms with Gasteiger partial charge in [0.1, 0.15) is 0 Å². The first kappa shape index (κ1) is 8.22. The van der Waals surface area contributed by atoms with Crippen molar-refractivity contribution in [2.24, 2.45) is 46.7 Å². The third kappa shape index (κ3) is 0.308. The number of rotatable bonds is 0. The van der Waals surface area contributed by atoms with Crippen LogP contribution in [0, 0.1) is 40.9 Å². The molecule has 78 valence electrons. The van der Waals surface area contributed by atoms with Gasteiger partial charge in [-0.25, -0.2) is 0 Å². The molecular formula is C9H9ClF3N. The van der Waals surface area contributed by atoms with Gasteiger partial charge in [0.25, 0.3) is 0 Å². The molecule has 0 heterocycles. The molecule has 0 atom stereocenters. The Morgan fingerprint density at radius 1 is 0.857 bits per heavy atom. The summed E-state index contributed by atoms with van der Waals surface area (Å²) in [7, 11) is 0. The molecule has 0 aromatic carbocycles. The monoisotopic (exact) mass is 223 g/mol. The van der Waals surface area contributed by atoms with Crippen molar-refractivity contribution >= 4 is 12.4 Å². The Bertz CT molecular complexity index is 323. The zero-order valence-electron chi connectivity index (χ0n) is 7.08. The smallest absolute Gasteiger partial charge is 0.324 e. The Morgan fingerprint density at radius 2 is 1.21 bits per heavy atom. The van der Waals surface area contributed by atoms with Gasteiger partial charge in [-0.1, -0.05) is 0 Å². The molecule has 5 heteroatoms. The van der Waals surface area contributed by atoms with Crippen LogP contribution in [0.25, 0.3) is 0 Å². The normalized spacial score (nSPS) is 78.0. The van der Waals surface area contributed by atoms with Gasteiger partial charge in [0.05, 0.1) is 5.41 Å². The molecule has 6 aliphatic carbocycles. The minimum atomic E-state index is -3.93. The lowest BCUT2D eigenvalue weighted by atomic mass is 8.94. The molecule has 6 saturated carbocycles. The molecular weight excluding hydrogens is 215 g/mol. The molecule has 2 N–H and O–H groups in total. The van der Waals surface area contributed by atoms with Crippen LogP contribution in [0.1, 0.15) is 0 Å². The van der Waals surface area contributed by atoms with Gasteiger partial charge >= 0.3 is 6.18 Å². The van der Waals surface area contributed by atoms with Gasteiger partial charge in [0.15, 0.2) is 0 Å². The van der Waals surface area contributed by atoms with E-state index in [1.807, 2.05) is 0 Å². The van der Waals surface area contributed by atoms with E-state index in [1.54, 1.807) is 0 Å². The van der Waals surface area contributed by atoms with Crippen molar-refractivity contribution in [2.75, 3.05) is 0 Å². The number of hydrogen-bond acceptors (Lipinski definition) is 1. The van der Waals surface area contributed by atoms with Gasteiger partial charge in [0.2, 0.25) is 0 Å². The van der Waals surface area contributed by atoms with Crippen LogP contribution in [0.4, 0.5) is 13.2 Å². The molecule has 0 aliphatic heterocycles. The minimum Gasteiger partial charge on any atom is -0.324 e. The van der Waals surface area contributed by atoms with Crippen LogP contribution >= 0.6 is 12.4 Å². The zero-order chi connectivity index (χ0) is 8.96. The summed E-state index contributed by atoms with van der Waals surface area (Å²) in [6, 6.07) is 0. The Balaban J connectivity index is 0.000000578. The van der Waals surface area contributed by atoms with Crippen LogP contribution in [0.2, 0.25) is 0 Å². The molecule has 6 rings (SSSR count). The van der Waals surface area contributed by atoms with Crippen molar-refractivity contribution in [3.8, 4) is 0 Å². The van der Waals surface area contributed by atoms with Gasteiger partial charge in [-0.3, -0.25) is 0 Å². The van der Waals surface area contributed by atoms with E-state index in [0.29, 0.717) is 0 Å². The van der Waals surface area contributed by atoms with Crippen molar-refractivity contribution in [2.45, 2.75) is 11.7 Å². The van der Waals surface area contributed by atoms with E-state index < -0.39 is 11.6 Å². The standard InChI is InChI=1S/C9H8F3N.ClH/c10-9(11,12)7-1-4-2(7)6-3(7)5(1)8(4,6)13;/h1-6H,13H2;1H. The van der Waals surface area contributed by atoms with Crippen molar-refractivity contribution in [1.29, 1.82) is 0 Å². The first-order valence-electron chi connectivity index (χ1n) is 4.84. The summed E-state index contributed by atoms with van der Waals surface area (Å²) in [5.74, 6) is 0.685. The summed E-state index contributed by atoms with van der Waals surface area (Å²) in [4.78, 5) is 0. The SMILES string of the molecule is Cl.NC12C3C4C1C1C2C3C41C(F)(F)F. The molecule has 6 fully saturated rings. The molecule has 1 nitrogen and oxygen atoms in total. The molecule has 0 aromatic rings. The number of halogens is 4. The van der Waals surface area contributed by atoms with Crippen LogP contribution < -0.4 is 5.73 Å². The molecule has 6 aliphatic rings. The quantitative estimate of drug-likeness (QED) is 0.661. The largest absolute Gasteiger partial charge is 0.395 e. The minimum absolute atomic E-state index is 0. The second-order valence-corrected chi connectivity index (χ2v) is 5.59. The van der Waals surface area contributed by atoms with Crippen LogP contribution in [-0.4, -0.2) is 11.7 Å². The third-order valence-corrected chi connectivity index (χ3v) is 6.20. The molecule has 0 bridgehead atoms. The molecule has 0 spiro atoms. The van der Waals surface area contributed by atoms with Gasteiger partial charge in [-0.05, 0) is 35.5 Å². The molecule has 0 radical (unpaired) electrons. The third-order valence-electron chi connectivity index (χ3n) is 6.20. The van der Waals surface area contributed by atoms with Crippen molar-refractivity contribution in [1.82, 2.24) is 0 Å². The maximum Gasteiger partial charge on any atom is 0.395 e. The van der Waals surface area contributed by atoms with Crippen LogP contribution in [0.15, 0.2) is 0 Å². The molecule has 0 saturated heterocycles. The van der Waals surface area contributed by atoms with Crippen molar-refractivity contribution in [3.05, 3.63) is 0 Å². The zero-order valence-corrected chi connectivity index (χ0v) is 7.90. The second-order valence-electron chi connectivity index (χ2n) is 5.59. The summed E-state index contributed by atoms with van der Waals surface area (Å²) in [6.45, 7) is 0. The molecule has 0 amide bonds. The highest BCUT2D eigenvalue weighted by atomic mass is 35.5. The number of hydrogen-bond donors (Lipinski definition) is 1. The first-order chi connectivity index (χ1) is 5.98.